The monoisotopic (exact) mass is 402 g/mol. The largest absolute Gasteiger partial charge is 0.486 e. The van der Waals surface area contributed by atoms with Crippen molar-refractivity contribution in [3.05, 3.63) is 89.8 Å². The Morgan fingerprint density at radius 3 is 2.62 bits per heavy atom. The summed E-state index contributed by atoms with van der Waals surface area (Å²) in [5.74, 6) is 0.424. The summed E-state index contributed by atoms with van der Waals surface area (Å²) in [6.07, 6.45) is 6.93. The van der Waals surface area contributed by atoms with Gasteiger partial charge in [0, 0.05) is 24.0 Å². The topological polar surface area (TPSA) is 68.3 Å². The zero-order valence-corrected chi connectivity index (χ0v) is 16.3. The molecule has 144 valence electrons. The molecule has 1 N–H and O–H groups in total. The van der Waals surface area contributed by atoms with Gasteiger partial charge in [0.25, 0.3) is 5.91 Å². The molecule has 1 aliphatic heterocycles. The molecule has 0 spiro atoms. The minimum Gasteiger partial charge on any atom is -0.486 e. The third-order valence-corrected chi connectivity index (χ3v) is 6.40. The molecule has 6 heteroatoms. The van der Waals surface area contributed by atoms with Crippen molar-refractivity contribution in [2.75, 3.05) is 0 Å². The summed E-state index contributed by atoms with van der Waals surface area (Å²) >= 11 is 0. The summed E-state index contributed by atoms with van der Waals surface area (Å²) < 4.78 is 20.5. The van der Waals surface area contributed by atoms with Crippen molar-refractivity contribution in [3.63, 3.8) is 0 Å². The second-order valence-corrected chi connectivity index (χ2v) is 8.21. The van der Waals surface area contributed by atoms with Crippen LogP contribution in [-0.4, -0.2) is 15.1 Å². The molecule has 1 unspecified atom stereocenters. The van der Waals surface area contributed by atoms with Crippen LogP contribution in [0.3, 0.4) is 0 Å². The van der Waals surface area contributed by atoms with Gasteiger partial charge in [-0.3, -0.25) is 14.5 Å². The Balaban J connectivity index is 1.38. The molecular formula is C23H18N2O3S. The van der Waals surface area contributed by atoms with Crippen molar-refractivity contribution in [3.8, 4) is 16.9 Å². The van der Waals surface area contributed by atoms with Crippen LogP contribution in [0.4, 0.5) is 0 Å². The van der Waals surface area contributed by atoms with E-state index in [1.54, 1.807) is 6.20 Å². The van der Waals surface area contributed by atoms with E-state index in [4.69, 9.17) is 4.74 Å². The van der Waals surface area contributed by atoms with Crippen molar-refractivity contribution in [1.29, 1.82) is 0 Å². The number of hydrogen-bond donors (Lipinski definition) is 1. The van der Waals surface area contributed by atoms with Crippen molar-refractivity contribution in [2.45, 2.75) is 18.9 Å². The van der Waals surface area contributed by atoms with Crippen LogP contribution in [0.25, 0.3) is 16.0 Å². The fourth-order valence-corrected chi connectivity index (χ4v) is 4.85. The number of carbonyl (C=O) groups is 1. The highest BCUT2D eigenvalue weighted by atomic mass is 32.2. The maximum Gasteiger partial charge on any atom is 0.257 e. The van der Waals surface area contributed by atoms with E-state index in [9.17, 15) is 9.00 Å². The van der Waals surface area contributed by atoms with Gasteiger partial charge < -0.3 is 4.74 Å². The standard InChI is InChI=1S/C23H18N2O3S/c26-23-13-22(29(27)25-23)15-6-8-17(9-7-15)28-21-11-10-19-18(4-1-5-20(19)21)16-3-2-12-24-14-16/h1-9,12-14,21H,10-11H2,(H,25,26)/t21-,29?/m1/s1. The SMILES string of the molecule is O=C1C=C(c2ccc(O[C@@H]3CCc4c(-c5cccnc5)cccc43)cc2)S(=O)N1. The van der Waals surface area contributed by atoms with E-state index in [2.05, 4.69) is 34.0 Å². The van der Waals surface area contributed by atoms with Crippen LogP contribution in [0.15, 0.2) is 73.1 Å². The Kier molecular flexibility index (Phi) is 4.48. The lowest BCUT2D eigenvalue weighted by molar-refractivity contribution is -0.114. The molecule has 0 radical (unpaired) electrons. The van der Waals surface area contributed by atoms with Crippen LogP contribution < -0.4 is 9.46 Å². The van der Waals surface area contributed by atoms with Gasteiger partial charge in [0.1, 0.15) is 11.9 Å². The first kappa shape index (κ1) is 17.8. The van der Waals surface area contributed by atoms with E-state index in [1.807, 2.05) is 36.5 Å². The number of hydrogen-bond acceptors (Lipinski definition) is 4. The first-order valence-corrected chi connectivity index (χ1v) is 10.6. The second-order valence-electron chi connectivity index (χ2n) is 7.03. The van der Waals surface area contributed by atoms with E-state index in [0.29, 0.717) is 4.91 Å². The third kappa shape index (κ3) is 3.36. The van der Waals surface area contributed by atoms with Gasteiger partial charge >= 0.3 is 0 Å². The summed E-state index contributed by atoms with van der Waals surface area (Å²) in [6.45, 7) is 0. The smallest absolute Gasteiger partial charge is 0.257 e. The Morgan fingerprint density at radius 2 is 1.90 bits per heavy atom. The Hall–Kier alpha value is -3.25. The molecule has 1 aromatic heterocycles. The van der Waals surface area contributed by atoms with Crippen LogP contribution in [0.1, 0.15) is 29.2 Å². The van der Waals surface area contributed by atoms with Crippen LogP contribution >= 0.6 is 0 Å². The summed E-state index contributed by atoms with van der Waals surface area (Å²) in [6, 6.07) is 17.8. The molecule has 5 rings (SSSR count). The van der Waals surface area contributed by atoms with E-state index >= 15 is 0 Å². The van der Waals surface area contributed by atoms with Crippen molar-refractivity contribution in [1.82, 2.24) is 9.71 Å². The summed E-state index contributed by atoms with van der Waals surface area (Å²) in [4.78, 5) is 16.1. The predicted octanol–water partition coefficient (Wildman–Crippen LogP) is 3.95. The van der Waals surface area contributed by atoms with Crippen LogP contribution in [0.5, 0.6) is 5.75 Å². The zero-order chi connectivity index (χ0) is 19.8. The molecule has 0 saturated heterocycles. The number of aromatic nitrogens is 1. The maximum absolute atomic E-state index is 11.9. The fraction of sp³-hybridized carbons (Fsp3) is 0.130. The molecule has 0 saturated carbocycles. The molecule has 2 aromatic carbocycles. The second kappa shape index (κ2) is 7.29. The molecule has 2 aliphatic rings. The number of amides is 1. The Morgan fingerprint density at radius 1 is 1.03 bits per heavy atom. The maximum atomic E-state index is 11.9. The van der Waals surface area contributed by atoms with Crippen molar-refractivity contribution < 1.29 is 13.7 Å². The first-order chi connectivity index (χ1) is 14.2. The third-order valence-electron chi connectivity index (χ3n) is 5.26. The summed E-state index contributed by atoms with van der Waals surface area (Å²) in [5.41, 5.74) is 5.61. The average molecular weight is 402 g/mol. The Bertz CT molecular complexity index is 1140. The van der Waals surface area contributed by atoms with Crippen LogP contribution in [-0.2, 0) is 22.2 Å². The molecular weight excluding hydrogens is 384 g/mol. The zero-order valence-electron chi connectivity index (χ0n) is 15.5. The highest BCUT2D eigenvalue weighted by molar-refractivity contribution is 7.93. The van der Waals surface area contributed by atoms with Crippen molar-refractivity contribution in [2.24, 2.45) is 0 Å². The number of rotatable bonds is 4. The molecule has 5 nitrogen and oxygen atoms in total. The van der Waals surface area contributed by atoms with Crippen molar-refractivity contribution >= 4 is 21.8 Å². The van der Waals surface area contributed by atoms with Crippen LogP contribution in [0, 0.1) is 0 Å². The fourth-order valence-electron chi connectivity index (χ4n) is 3.93. The number of pyridine rings is 1. The van der Waals surface area contributed by atoms with Gasteiger partial charge in [0.05, 0.1) is 4.91 Å². The number of ether oxygens (including phenoxy) is 1. The van der Waals surface area contributed by atoms with E-state index in [-0.39, 0.29) is 12.0 Å². The molecule has 0 bridgehead atoms. The lowest BCUT2D eigenvalue weighted by Crippen LogP contribution is -2.16. The Labute approximate surface area is 171 Å². The summed E-state index contributed by atoms with van der Waals surface area (Å²) in [7, 11) is -1.49. The van der Waals surface area contributed by atoms with Gasteiger partial charge in [-0.1, -0.05) is 36.4 Å². The highest BCUT2D eigenvalue weighted by Crippen LogP contribution is 2.40. The quantitative estimate of drug-likeness (QED) is 0.718. The number of benzene rings is 2. The van der Waals surface area contributed by atoms with Crippen LogP contribution in [0.2, 0.25) is 0 Å². The number of nitrogens with zero attached hydrogens (tertiary/aromatic N) is 1. The minimum absolute atomic E-state index is 0.00413. The lowest BCUT2D eigenvalue weighted by Gasteiger charge is -2.16. The molecule has 2 atom stereocenters. The normalized spacial score (nSPS) is 20.1. The van der Waals surface area contributed by atoms with E-state index in [0.717, 1.165) is 29.7 Å². The van der Waals surface area contributed by atoms with Gasteiger partial charge in [-0.2, -0.15) is 0 Å². The number of fused-ring (bicyclic) bond motifs is 1. The van der Waals surface area contributed by atoms with Gasteiger partial charge in [-0.25, -0.2) is 4.21 Å². The number of carbonyl (C=O) groups excluding carboxylic acids is 1. The van der Waals surface area contributed by atoms with Gasteiger partial charge in [0.15, 0.2) is 11.0 Å². The van der Waals surface area contributed by atoms with Gasteiger partial charge in [-0.15, -0.1) is 0 Å². The van der Waals surface area contributed by atoms with E-state index in [1.165, 1.54) is 22.8 Å². The molecule has 2 heterocycles. The average Bonchev–Trinajstić information content (AvgIpc) is 3.31. The highest BCUT2D eigenvalue weighted by Gasteiger charge is 2.27. The minimum atomic E-state index is -1.49. The van der Waals surface area contributed by atoms with E-state index < -0.39 is 11.0 Å². The lowest BCUT2D eigenvalue weighted by atomic mass is 9.98. The molecule has 0 fully saturated rings. The molecule has 3 aromatic rings. The first-order valence-electron chi connectivity index (χ1n) is 9.42. The summed E-state index contributed by atoms with van der Waals surface area (Å²) in [5, 5.41) is 0. The van der Waals surface area contributed by atoms with Gasteiger partial charge in [0.2, 0.25) is 0 Å². The number of nitrogens with one attached hydrogen (secondary N) is 1. The predicted molar refractivity (Wildman–Crippen MR) is 112 cm³/mol. The molecule has 1 amide bonds. The molecule has 1 aliphatic carbocycles. The van der Waals surface area contributed by atoms with Gasteiger partial charge in [-0.05, 0) is 53.3 Å². The molecule has 29 heavy (non-hydrogen) atoms.